The molecule has 7 nitrogen and oxygen atoms in total. The smallest absolute Gasteiger partial charge is 0.274 e. The van der Waals surface area contributed by atoms with Crippen LogP contribution >= 0.6 is 11.9 Å². The van der Waals surface area contributed by atoms with Crippen LogP contribution in [0.15, 0.2) is 124 Å². The summed E-state index contributed by atoms with van der Waals surface area (Å²) in [5, 5.41) is 3.85. The molecule has 1 aliphatic rings. The lowest BCUT2D eigenvalue weighted by Crippen LogP contribution is -2.24. The van der Waals surface area contributed by atoms with Gasteiger partial charge >= 0.3 is 0 Å². The van der Waals surface area contributed by atoms with E-state index in [-0.39, 0.29) is 17.3 Å². The number of amides is 1. The van der Waals surface area contributed by atoms with E-state index in [1.54, 1.807) is 48.5 Å². The molecule has 2 N–H and O–H groups in total. The number of H-pyrrole nitrogens is 1. The largest absolute Gasteiger partial charge is 0.351 e. The number of nitrogens with zero attached hydrogens (tertiary/aromatic N) is 2. The van der Waals surface area contributed by atoms with Gasteiger partial charge < -0.3 is 10.3 Å². The van der Waals surface area contributed by atoms with Gasteiger partial charge in [0, 0.05) is 33.3 Å². The van der Waals surface area contributed by atoms with E-state index in [9.17, 15) is 13.2 Å². The third-order valence-electron chi connectivity index (χ3n) is 6.11. The quantitative estimate of drug-likeness (QED) is 0.265. The highest BCUT2D eigenvalue weighted by molar-refractivity contribution is 8.14. The molecule has 0 fully saturated rings. The van der Waals surface area contributed by atoms with Gasteiger partial charge in [-0.05, 0) is 42.5 Å². The number of carbonyl (C=O) groups is 1. The van der Waals surface area contributed by atoms with Crippen molar-refractivity contribution in [3.05, 3.63) is 120 Å². The Morgan fingerprint density at radius 2 is 1.53 bits per heavy atom. The second-order valence-electron chi connectivity index (χ2n) is 8.63. The van der Waals surface area contributed by atoms with E-state index >= 15 is 0 Å². The van der Waals surface area contributed by atoms with Crippen molar-refractivity contribution < 1.29 is 13.2 Å². The van der Waals surface area contributed by atoms with Crippen LogP contribution in [0.3, 0.4) is 0 Å². The van der Waals surface area contributed by atoms with Crippen LogP contribution in [0.1, 0.15) is 11.3 Å². The van der Waals surface area contributed by atoms with Gasteiger partial charge in [0.15, 0.2) is 0 Å². The molecule has 1 aromatic heterocycles. The molecular formula is C29H22N4O3S2. The molecule has 0 atom stereocenters. The number of para-hydroxylation sites is 1. The summed E-state index contributed by atoms with van der Waals surface area (Å²) in [6.07, 6.45) is 0. The molecule has 4 aromatic carbocycles. The first-order chi connectivity index (χ1) is 18.5. The number of aliphatic imine (C=N–C) groups is 1. The number of sulfonamides is 1. The number of hydrogen-bond acceptors (Lipinski definition) is 5. The summed E-state index contributed by atoms with van der Waals surface area (Å²) >= 11 is 1.12. The number of benzene rings is 4. The molecule has 0 spiro atoms. The summed E-state index contributed by atoms with van der Waals surface area (Å²) in [6, 6.07) is 32.7. The first-order valence-electron chi connectivity index (χ1n) is 11.9. The fourth-order valence-electron chi connectivity index (χ4n) is 4.37. The van der Waals surface area contributed by atoms with Gasteiger partial charge in [0.05, 0.1) is 27.7 Å². The molecule has 0 bridgehead atoms. The first-order valence-corrected chi connectivity index (χ1v) is 14.1. The zero-order valence-corrected chi connectivity index (χ0v) is 21.7. The number of hydrogen-bond donors (Lipinski definition) is 2. The summed E-state index contributed by atoms with van der Waals surface area (Å²) in [7, 11) is -3.91. The van der Waals surface area contributed by atoms with Crippen LogP contribution in [0.4, 0.5) is 11.4 Å². The fraction of sp³-hybridized carbons (Fsp3) is 0.0345. The summed E-state index contributed by atoms with van der Waals surface area (Å²) in [6.45, 7) is -0.0405. The number of aromatic nitrogens is 1. The normalized spacial score (nSPS) is 13.4. The molecule has 0 saturated carbocycles. The van der Waals surface area contributed by atoms with Crippen molar-refractivity contribution in [3.63, 3.8) is 0 Å². The van der Waals surface area contributed by atoms with E-state index in [0.717, 1.165) is 27.7 Å². The molecule has 1 aliphatic heterocycles. The lowest BCUT2D eigenvalue weighted by Gasteiger charge is -2.23. The molecule has 1 amide bonds. The number of rotatable bonds is 6. The molecule has 0 saturated heterocycles. The Labute approximate surface area is 224 Å². The van der Waals surface area contributed by atoms with E-state index in [1.807, 2.05) is 60.7 Å². The second-order valence-corrected chi connectivity index (χ2v) is 11.7. The molecule has 188 valence electrons. The van der Waals surface area contributed by atoms with Crippen LogP contribution in [0.5, 0.6) is 0 Å². The van der Waals surface area contributed by atoms with E-state index in [1.165, 1.54) is 3.71 Å². The maximum atomic E-state index is 13.9. The first kappa shape index (κ1) is 24.0. The molecule has 38 heavy (non-hydrogen) atoms. The molecule has 6 rings (SSSR count). The Bertz CT molecular complexity index is 1780. The highest BCUT2D eigenvalue weighted by Gasteiger charge is 2.28. The monoisotopic (exact) mass is 538 g/mol. The van der Waals surface area contributed by atoms with E-state index in [2.05, 4.69) is 15.3 Å². The Kier molecular flexibility index (Phi) is 6.22. The third-order valence-corrected chi connectivity index (χ3v) is 9.30. The highest BCUT2D eigenvalue weighted by Crippen LogP contribution is 2.37. The van der Waals surface area contributed by atoms with Gasteiger partial charge in [0.2, 0.25) is 5.91 Å². The maximum absolute atomic E-state index is 13.9. The molecule has 0 unspecified atom stereocenters. The van der Waals surface area contributed by atoms with Crippen LogP contribution in [0.2, 0.25) is 0 Å². The SMILES string of the molecule is O=C1CN=C(c2cccc(N(Sc3ccccc3)S(=O)(=O)c3ccccc3)c2)c2[nH]c3ccccc3c2N1. The summed E-state index contributed by atoms with van der Waals surface area (Å²) in [5.41, 5.74) is 3.95. The number of nitrogens with one attached hydrogen (secondary N) is 2. The molecule has 0 radical (unpaired) electrons. The summed E-state index contributed by atoms with van der Waals surface area (Å²) < 4.78 is 29.0. The average Bonchev–Trinajstić information content (AvgIpc) is 3.22. The van der Waals surface area contributed by atoms with Gasteiger partial charge in [0.25, 0.3) is 10.0 Å². The number of carbonyl (C=O) groups excluding carboxylic acids is 1. The zero-order valence-electron chi connectivity index (χ0n) is 20.0. The Morgan fingerprint density at radius 1 is 0.816 bits per heavy atom. The maximum Gasteiger partial charge on any atom is 0.274 e. The standard InChI is InChI=1S/C29H22N4O3S2/c34-26-19-30-27(29-28(32-26)24-16-7-8-17-25(24)31-29)20-10-9-11-21(18-20)33(37-22-12-3-1-4-13-22)38(35,36)23-14-5-2-6-15-23/h1-18,31H,19H2,(H,32,34). The second kappa shape index (κ2) is 9.85. The van der Waals surface area contributed by atoms with Gasteiger partial charge in [-0.25, -0.2) is 12.1 Å². The lowest BCUT2D eigenvalue weighted by molar-refractivity contribution is -0.114. The van der Waals surface area contributed by atoms with E-state index in [0.29, 0.717) is 28.3 Å². The topological polar surface area (TPSA) is 94.6 Å². The minimum Gasteiger partial charge on any atom is -0.351 e. The van der Waals surface area contributed by atoms with Gasteiger partial charge in [-0.2, -0.15) is 0 Å². The predicted octanol–water partition coefficient (Wildman–Crippen LogP) is 5.86. The van der Waals surface area contributed by atoms with Crippen molar-refractivity contribution >= 4 is 55.9 Å². The van der Waals surface area contributed by atoms with Crippen LogP contribution in [0, 0.1) is 0 Å². The molecule has 9 heteroatoms. The van der Waals surface area contributed by atoms with Crippen LogP contribution in [0.25, 0.3) is 10.9 Å². The van der Waals surface area contributed by atoms with Gasteiger partial charge in [-0.1, -0.05) is 66.7 Å². The summed E-state index contributed by atoms with van der Waals surface area (Å²) in [5.74, 6) is -0.213. The molecule has 0 aliphatic carbocycles. The Balaban J connectivity index is 1.48. The minimum atomic E-state index is -3.91. The number of aromatic amines is 1. The van der Waals surface area contributed by atoms with Crippen LogP contribution in [-0.2, 0) is 14.8 Å². The minimum absolute atomic E-state index is 0.0405. The fourth-order valence-corrected chi connectivity index (χ4v) is 7.05. The molecule has 5 aromatic rings. The Hall–Kier alpha value is -4.34. The van der Waals surface area contributed by atoms with Crippen LogP contribution in [-0.4, -0.2) is 31.6 Å². The predicted molar refractivity (Wildman–Crippen MR) is 152 cm³/mol. The zero-order chi connectivity index (χ0) is 26.1. The van der Waals surface area contributed by atoms with Crippen LogP contribution < -0.4 is 9.03 Å². The van der Waals surface area contributed by atoms with E-state index in [4.69, 9.17) is 0 Å². The van der Waals surface area contributed by atoms with Crippen molar-refractivity contribution in [2.45, 2.75) is 9.79 Å². The van der Waals surface area contributed by atoms with Crippen molar-refractivity contribution in [2.24, 2.45) is 4.99 Å². The average molecular weight is 539 g/mol. The molecular weight excluding hydrogens is 516 g/mol. The highest BCUT2D eigenvalue weighted by atomic mass is 32.3. The van der Waals surface area contributed by atoms with E-state index < -0.39 is 10.0 Å². The van der Waals surface area contributed by atoms with Crippen molar-refractivity contribution in [2.75, 3.05) is 15.6 Å². The van der Waals surface area contributed by atoms with Gasteiger partial charge in [-0.15, -0.1) is 0 Å². The van der Waals surface area contributed by atoms with Crippen molar-refractivity contribution in [3.8, 4) is 0 Å². The number of fused-ring (bicyclic) bond motifs is 3. The lowest BCUT2D eigenvalue weighted by atomic mass is 10.1. The number of anilines is 2. The summed E-state index contributed by atoms with van der Waals surface area (Å²) in [4.78, 5) is 21.5. The van der Waals surface area contributed by atoms with Gasteiger partial charge in [0.1, 0.15) is 6.54 Å². The van der Waals surface area contributed by atoms with Crippen molar-refractivity contribution in [1.29, 1.82) is 0 Å². The Morgan fingerprint density at radius 3 is 2.32 bits per heavy atom. The van der Waals surface area contributed by atoms with Gasteiger partial charge in [-0.3, -0.25) is 9.79 Å². The third kappa shape index (κ3) is 4.46. The molecule has 2 heterocycles. The van der Waals surface area contributed by atoms with Crippen molar-refractivity contribution in [1.82, 2.24) is 4.98 Å².